The zero-order valence-corrected chi connectivity index (χ0v) is 15.1. The lowest BCUT2D eigenvalue weighted by molar-refractivity contribution is -0.140. The first-order valence-electron chi connectivity index (χ1n) is 7.19. The van der Waals surface area contributed by atoms with Gasteiger partial charge in [-0.3, -0.25) is 9.78 Å². The van der Waals surface area contributed by atoms with Crippen LogP contribution in [0.4, 0.5) is 0 Å². The first kappa shape index (κ1) is 17.4. The molecule has 0 N–H and O–H groups in total. The number of hydrogen-bond acceptors (Lipinski definition) is 5. The molecule has 1 atom stereocenters. The summed E-state index contributed by atoms with van der Waals surface area (Å²) in [6.45, 7) is 7.95. The number of ether oxygens (including phenoxy) is 1. The number of esters is 1. The molecule has 0 amide bonds. The zero-order chi connectivity index (χ0) is 16.5. The van der Waals surface area contributed by atoms with Gasteiger partial charge in [-0.05, 0) is 55.3 Å². The molecule has 1 aliphatic rings. The molecule has 1 aromatic heterocycles. The Morgan fingerprint density at radius 3 is 2.41 bits per heavy atom. The molecule has 2 heterocycles. The highest BCUT2D eigenvalue weighted by Crippen LogP contribution is 2.41. The van der Waals surface area contributed by atoms with Crippen molar-refractivity contribution in [2.45, 2.75) is 51.1 Å². The largest absolute Gasteiger partial charge is 0.469 e. The fourth-order valence-electron chi connectivity index (χ4n) is 2.32. The van der Waals surface area contributed by atoms with Gasteiger partial charge in [0.15, 0.2) is 0 Å². The molecular formula is C15H21BBrNO4. The average molecular weight is 370 g/mol. The normalized spacial score (nSPS) is 20.7. The van der Waals surface area contributed by atoms with Crippen LogP contribution in [0.5, 0.6) is 0 Å². The van der Waals surface area contributed by atoms with Crippen molar-refractivity contribution < 1.29 is 18.8 Å². The van der Waals surface area contributed by atoms with Crippen molar-refractivity contribution in [1.29, 1.82) is 0 Å². The maximum absolute atomic E-state index is 11.8. The summed E-state index contributed by atoms with van der Waals surface area (Å²) < 4.78 is 17.8. The molecular weight excluding hydrogens is 349 g/mol. The number of nitrogens with zero attached hydrogens (tertiary/aromatic N) is 1. The van der Waals surface area contributed by atoms with Gasteiger partial charge in [0.2, 0.25) is 0 Å². The van der Waals surface area contributed by atoms with E-state index in [0.29, 0.717) is 0 Å². The van der Waals surface area contributed by atoms with E-state index in [0.717, 1.165) is 10.0 Å². The number of methoxy groups -OCH3 is 1. The molecule has 22 heavy (non-hydrogen) atoms. The quantitative estimate of drug-likeness (QED) is 0.602. The monoisotopic (exact) mass is 369 g/mol. The highest BCUT2D eigenvalue weighted by molar-refractivity contribution is 9.10. The van der Waals surface area contributed by atoms with Crippen molar-refractivity contribution in [2.75, 3.05) is 7.11 Å². The number of hydrogen-bond donors (Lipinski definition) is 0. The molecule has 0 saturated carbocycles. The van der Waals surface area contributed by atoms with Crippen LogP contribution in [0.25, 0.3) is 0 Å². The predicted molar refractivity (Wildman–Crippen MR) is 87.4 cm³/mol. The smallest absolute Gasteiger partial charge is 0.466 e. The van der Waals surface area contributed by atoms with E-state index < -0.39 is 18.3 Å². The molecule has 0 aliphatic carbocycles. The summed E-state index contributed by atoms with van der Waals surface area (Å²) in [7, 11) is 0.850. The number of carbonyl (C=O) groups is 1. The minimum Gasteiger partial charge on any atom is -0.469 e. The number of halogens is 1. The topological polar surface area (TPSA) is 57.7 Å². The fraction of sp³-hybridized carbons (Fsp3) is 0.600. The Morgan fingerprint density at radius 2 is 1.91 bits per heavy atom. The third-order valence-electron chi connectivity index (χ3n) is 4.37. The van der Waals surface area contributed by atoms with Crippen molar-refractivity contribution in [3.63, 3.8) is 0 Å². The minimum absolute atomic E-state index is 0.172. The minimum atomic E-state index is -0.528. The Morgan fingerprint density at radius 1 is 1.32 bits per heavy atom. The van der Waals surface area contributed by atoms with Gasteiger partial charge in [-0.2, -0.15) is 0 Å². The van der Waals surface area contributed by atoms with Crippen molar-refractivity contribution in [1.82, 2.24) is 4.98 Å². The van der Waals surface area contributed by atoms with Gasteiger partial charge >= 0.3 is 13.1 Å². The van der Waals surface area contributed by atoms with E-state index in [1.807, 2.05) is 33.8 Å². The van der Waals surface area contributed by atoms with E-state index in [4.69, 9.17) is 14.0 Å². The van der Waals surface area contributed by atoms with Crippen molar-refractivity contribution in [3.05, 3.63) is 28.5 Å². The maximum Gasteiger partial charge on any atom is 0.466 e. The van der Waals surface area contributed by atoms with E-state index >= 15 is 0 Å². The lowest BCUT2D eigenvalue weighted by atomic mass is 9.66. The van der Waals surface area contributed by atoms with Crippen LogP contribution in [0.15, 0.2) is 22.9 Å². The van der Waals surface area contributed by atoms with E-state index in [9.17, 15) is 4.79 Å². The van der Waals surface area contributed by atoms with E-state index in [1.54, 1.807) is 12.4 Å². The molecule has 0 radical (unpaired) electrons. The maximum atomic E-state index is 11.8. The van der Waals surface area contributed by atoms with Gasteiger partial charge in [-0.15, -0.1) is 0 Å². The molecule has 0 aromatic carbocycles. The third-order valence-corrected chi connectivity index (χ3v) is 4.80. The Labute approximate surface area is 140 Å². The Hall–Kier alpha value is -0.915. The van der Waals surface area contributed by atoms with Crippen LogP contribution in [0, 0.1) is 0 Å². The van der Waals surface area contributed by atoms with Gasteiger partial charge in [0.1, 0.15) is 0 Å². The van der Waals surface area contributed by atoms with Crippen LogP contribution in [0.2, 0.25) is 0 Å². The second kappa shape index (κ2) is 6.30. The summed E-state index contributed by atoms with van der Waals surface area (Å²) in [4.78, 5) is 16.0. The lowest BCUT2D eigenvalue weighted by Gasteiger charge is -2.32. The van der Waals surface area contributed by atoms with E-state index in [-0.39, 0.29) is 18.2 Å². The predicted octanol–water partition coefficient (Wildman–Crippen LogP) is 3.12. The molecule has 1 aliphatic heterocycles. The molecule has 0 spiro atoms. The Bertz CT molecular complexity index is 548. The molecule has 5 nitrogen and oxygen atoms in total. The van der Waals surface area contributed by atoms with Gasteiger partial charge < -0.3 is 14.0 Å². The molecule has 1 unspecified atom stereocenters. The molecule has 1 saturated heterocycles. The number of rotatable bonds is 4. The van der Waals surface area contributed by atoms with Crippen LogP contribution in [-0.2, 0) is 18.8 Å². The highest BCUT2D eigenvalue weighted by atomic mass is 79.9. The van der Waals surface area contributed by atoms with Crippen molar-refractivity contribution >= 4 is 29.0 Å². The second-order valence-electron chi connectivity index (χ2n) is 6.45. The third kappa shape index (κ3) is 3.52. The Balaban J connectivity index is 2.32. The lowest BCUT2D eigenvalue weighted by Crippen LogP contribution is -2.41. The summed E-state index contributed by atoms with van der Waals surface area (Å²) in [5.41, 5.74) is -0.0324. The van der Waals surface area contributed by atoms with Crippen LogP contribution in [0.1, 0.15) is 45.5 Å². The molecule has 1 aromatic rings. The molecule has 1 fully saturated rings. The second-order valence-corrected chi connectivity index (χ2v) is 7.36. The van der Waals surface area contributed by atoms with Gasteiger partial charge in [0, 0.05) is 22.7 Å². The number of carbonyl (C=O) groups excluding carboxylic acids is 1. The van der Waals surface area contributed by atoms with Crippen molar-refractivity contribution in [2.24, 2.45) is 0 Å². The summed E-state index contributed by atoms with van der Waals surface area (Å²) in [5, 5.41) is 0. The van der Waals surface area contributed by atoms with E-state index in [1.165, 1.54) is 7.11 Å². The first-order chi connectivity index (χ1) is 10.2. The fourth-order valence-corrected chi connectivity index (χ4v) is 2.70. The average Bonchev–Trinajstić information content (AvgIpc) is 2.64. The standard InChI is InChI=1S/C15H21BBrNO4/c1-14(2)15(3,4)22-16(21-14)12(7-13(19)20-5)10-6-11(17)9-18-8-10/h6,8-9,12H,7H2,1-5H3. The summed E-state index contributed by atoms with van der Waals surface area (Å²) in [5.74, 6) is -0.585. The SMILES string of the molecule is COC(=O)CC(B1OC(C)(C)C(C)(C)O1)c1cncc(Br)c1. The molecule has 2 rings (SSSR count). The summed E-state index contributed by atoms with van der Waals surface area (Å²) >= 11 is 3.41. The van der Waals surface area contributed by atoms with Crippen molar-refractivity contribution in [3.8, 4) is 0 Å². The Kier molecular flexibility index (Phi) is 4.99. The highest BCUT2D eigenvalue weighted by Gasteiger charge is 2.54. The first-order valence-corrected chi connectivity index (χ1v) is 7.98. The molecule has 120 valence electrons. The van der Waals surface area contributed by atoms with Gasteiger partial charge in [0.25, 0.3) is 0 Å². The van der Waals surface area contributed by atoms with Crippen LogP contribution in [-0.4, -0.2) is 36.4 Å². The van der Waals surface area contributed by atoms with Crippen LogP contribution >= 0.6 is 15.9 Å². The van der Waals surface area contributed by atoms with Gasteiger partial charge in [0.05, 0.1) is 24.7 Å². The zero-order valence-electron chi connectivity index (χ0n) is 13.6. The van der Waals surface area contributed by atoms with Gasteiger partial charge in [-0.25, -0.2) is 0 Å². The van der Waals surface area contributed by atoms with Crippen LogP contribution in [0.3, 0.4) is 0 Å². The molecule has 7 heteroatoms. The van der Waals surface area contributed by atoms with E-state index in [2.05, 4.69) is 20.9 Å². The summed E-state index contributed by atoms with van der Waals surface area (Å²) in [6, 6.07) is 1.92. The number of aromatic nitrogens is 1. The molecule has 0 bridgehead atoms. The number of pyridine rings is 1. The van der Waals surface area contributed by atoms with Gasteiger partial charge in [-0.1, -0.05) is 0 Å². The van der Waals surface area contributed by atoms with Crippen LogP contribution < -0.4 is 0 Å². The summed E-state index contributed by atoms with van der Waals surface area (Å²) in [6.07, 6.45) is 3.60.